The molecule has 31 heavy (non-hydrogen) atoms. The van der Waals surface area contributed by atoms with Crippen LogP contribution in [0.3, 0.4) is 0 Å². The Morgan fingerprint density at radius 3 is 2.45 bits per heavy atom. The lowest BCUT2D eigenvalue weighted by Gasteiger charge is -2.35. The van der Waals surface area contributed by atoms with Crippen LogP contribution in [0.2, 0.25) is 0 Å². The smallest absolute Gasteiger partial charge is 0.225 e. The number of amides is 1. The molecule has 0 N–H and O–H groups in total. The Bertz CT molecular complexity index is 822. The summed E-state index contributed by atoms with van der Waals surface area (Å²) in [5.74, 6) is 1.90. The summed E-state index contributed by atoms with van der Waals surface area (Å²) in [5.41, 5.74) is 1.33. The maximum absolute atomic E-state index is 12.9. The van der Waals surface area contributed by atoms with Gasteiger partial charge in [0.15, 0.2) is 0 Å². The summed E-state index contributed by atoms with van der Waals surface area (Å²) in [5, 5.41) is 0. The van der Waals surface area contributed by atoms with E-state index in [4.69, 9.17) is 4.74 Å². The van der Waals surface area contributed by atoms with Gasteiger partial charge in [0.1, 0.15) is 5.75 Å². The second kappa shape index (κ2) is 10.6. The van der Waals surface area contributed by atoms with E-state index in [9.17, 15) is 4.79 Å². The van der Waals surface area contributed by atoms with E-state index in [1.54, 1.807) is 19.5 Å². The number of anilines is 1. The quantitative estimate of drug-likeness (QED) is 0.711. The van der Waals surface area contributed by atoms with Crippen LogP contribution in [0.1, 0.15) is 43.7 Å². The number of carbonyl (C=O) groups is 1. The van der Waals surface area contributed by atoms with E-state index >= 15 is 0 Å². The number of ether oxygens (including phenoxy) is 1. The summed E-state index contributed by atoms with van der Waals surface area (Å²) in [4.78, 5) is 28.2. The molecule has 1 amide bonds. The standard InChI is InChI=1S/C24H33N5O2/c1-31-21-9-7-20(8-10-21)22-6-3-2-4-14-27(22)15-11-23(30)28-16-18-29(19-17-28)24-25-12-5-13-26-24/h5,7-10,12-13,22H,2-4,6,11,14-19H2,1H3. The minimum absolute atomic E-state index is 0.256. The predicted molar refractivity (Wildman–Crippen MR) is 121 cm³/mol. The van der Waals surface area contributed by atoms with Gasteiger partial charge in [0, 0.05) is 57.6 Å². The highest BCUT2D eigenvalue weighted by Gasteiger charge is 2.26. The summed E-state index contributed by atoms with van der Waals surface area (Å²) in [6, 6.07) is 10.6. The Balaban J connectivity index is 1.31. The Labute approximate surface area is 185 Å². The van der Waals surface area contributed by atoms with Crippen LogP contribution < -0.4 is 9.64 Å². The van der Waals surface area contributed by atoms with Gasteiger partial charge in [-0.15, -0.1) is 0 Å². The van der Waals surface area contributed by atoms with Crippen molar-refractivity contribution in [2.45, 2.75) is 38.1 Å². The van der Waals surface area contributed by atoms with Crippen LogP contribution in [0.15, 0.2) is 42.7 Å². The fourth-order valence-corrected chi connectivity index (χ4v) is 4.65. The summed E-state index contributed by atoms with van der Waals surface area (Å²) in [6.07, 6.45) is 8.97. The van der Waals surface area contributed by atoms with E-state index in [1.807, 2.05) is 23.1 Å². The number of hydrogen-bond donors (Lipinski definition) is 0. The molecule has 0 radical (unpaired) electrons. The molecule has 7 nitrogen and oxygen atoms in total. The molecule has 3 heterocycles. The first kappa shape index (κ1) is 21.6. The largest absolute Gasteiger partial charge is 0.497 e. The fourth-order valence-electron chi connectivity index (χ4n) is 4.65. The van der Waals surface area contributed by atoms with Crippen molar-refractivity contribution in [2.24, 2.45) is 0 Å². The van der Waals surface area contributed by atoms with Gasteiger partial charge < -0.3 is 14.5 Å². The van der Waals surface area contributed by atoms with Crippen molar-refractivity contribution < 1.29 is 9.53 Å². The van der Waals surface area contributed by atoms with E-state index < -0.39 is 0 Å². The maximum Gasteiger partial charge on any atom is 0.225 e. The molecule has 2 aliphatic heterocycles. The molecule has 1 aromatic carbocycles. The third-order valence-corrected chi connectivity index (χ3v) is 6.44. The number of aromatic nitrogens is 2. The minimum atomic E-state index is 0.256. The number of methoxy groups -OCH3 is 1. The van der Waals surface area contributed by atoms with Crippen LogP contribution in [0.25, 0.3) is 0 Å². The predicted octanol–water partition coefficient (Wildman–Crippen LogP) is 3.14. The van der Waals surface area contributed by atoms with Gasteiger partial charge >= 0.3 is 0 Å². The number of rotatable bonds is 6. The van der Waals surface area contributed by atoms with Crippen molar-refractivity contribution in [3.8, 4) is 5.75 Å². The van der Waals surface area contributed by atoms with E-state index in [1.165, 1.54) is 24.8 Å². The highest BCUT2D eigenvalue weighted by atomic mass is 16.5. The SMILES string of the molecule is COc1ccc(C2CCCCCN2CCC(=O)N2CCN(c3ncccn3)CC2)cc1. The second-order valence-electron chi connectivity index (χ2n) is 8.34. The number of benzene rings is 1. The van der Waals surface area contributed by atoms with E-state index in [0.717, 1.165) is 57.4 Å². The molecule has 2 aromatic rings. The summed E-state index contributed by atoms with van der Waals surface area (Å²) < 4.78 is 5.31. The molecule has 1 atom stereocenters. The van der Waals surface area contributed by atoms with E-state index in [-0.39, 0.29) is 5.91 Å². The van der Waals surface area contributed by atoms with Gasteiger partial charge in [0.05, 0.1) is 7.11 Å². The number of likely N-dealkylation sites (tertiary alicyclic amines) is 1. The van der Waals surface area contributed by atoms with Crippen molar-refractivity contribution in [2.75, 3.05) is 51.3 Å². The first-order valence-electron chi connectivity index (χ1n) is 11.4. The lowest BCUT2D eigenvalue weighted by Crippen LogP contribution is -2.49. The Morgan fingerprint density at radius 2 is 1.74 bits per heavy atom. The topological polar surface area (TPSA) is 61.8 Å². The van der Waals surface area contributed by atoms with Crippen LogP contribution in [0.5, 0.6) is 5.75 Å². The van der Waals surface area contributed by atoms with Crippen LogP contribution in [0, 0.1) is 0 Å². The third-order valence-electron chi connectivity index (χ3n) is 6.44. The van der Waals surface area contributed by atoms with Crippen molar-refractivity contribution in [1.82, 2.24) is 19.8 Å². The number of piperazine rings is 1. The fraction of sp³-hybridized carbons (Fsp3) is 0.542. The summed E-state index contributed by atoms with van der Waals surface area (Å²) in [7, 11) is 1.70. The first-order chi connectivity index (χ1) is 15.2. The molecule has 2 aliphatic rings. The van der Waals surface area contributed by atoms with Crippen molar-refractivity contribution in [1.29, 1.82) is 0 Å². The van der Waals surface area contributed by atoms with Crippen molar-refractivity contribution in [3.05, 3.63) is 48.3 Å². The van der Waals surface area contributed by atoms with E-state index in [2.05, 4.69) is 31.9 Å². The van der Waals surface area contributed by atoms with Gasteiger partial charge in [0.25, 0.3) is 0 Å². The summed E-state index contributed by atoms with van der Waals surface area (Å²) in [6.45, 7) is 4.92. The Kier molecular flexibility index (Phi) is 7.35. The normalized spacial score (nSPS) is 20.4. The van der Waals surface area contributed by atoms with Crippen molar-refractivity contribution >= 4 is 11.9 Å². The molecular weight excluding hydrogens is 390 g/mol. The molecule has 2 fully saturated rings. The van der Waals surface area contributed by atoms with Crippen LogP contribution in [-0.4, -0.2) is 72.1 Å². The molecule has 0 bridgehead atoms. The van der Waals surface area contributed by atoms with Gasteiger partial charge in [0.2, 0.25) is 11.9 Å². The number of carbonyl (C=O) groups excluding carboxylic acids is 1. The average molecular weight is 424 g/mol. The molecule has 0 spiro atoms. The summed E-state index contributed by atoms with van der Waals surface area (Å²) >= 11 is 0. The lowest BCUT2D eigenvalue weighted by atomic mass is 10.0. The van der Waals surface area contributed by atoms with Crippen LogP contribution in [0.4, 0.5) is 5.95 Å². The molecule has 1 aromatic heterocycles. The van der Waals surface area contributed by atoms with Crippen LogP contribution in [-0.2, 0) is 4.79 Å². The second-order valence-corrected chi connectivity index (χ2v) is 8.34. The zero-order valence-electron chi connectivity index (χ0n) is 18.4. The van der Waals surface area contributed by atoms with E-state index in [0.29, 0.717) is 12.5 Å². The zero-order chi connectivity index (χ0) is 21.5. The van der Waals surface area contributed by atoms with Gasteiger partial charge in [-0.1, -0.05) is 25.0 Å². The number of nitrogens with zero attached hydrogens (tertiary/aromatic N) is 5. The molecular formula is C24H33N5O2. The van der Waals surface area contributed by atoms with Crippen molar-refractivity contribution in [3.63, 3.8) is 0 Å². The molecule has 2 saturated heterocycles. The zero-order valence-corrected chi connectivity index (χ0v) is 18.4. The van der Waals surface area contributed by atoms with Crippen LogP contribution >= 0.6 is 0 Å². The molecule has 0 aliphatic carbocycles. The third kappa shape index (κ3) is 5.53. The first-order valence-corrected chi connectivity index (χ1v) is 11.4. The molecule has 4 rings (SSSR count). The molecule has 0 saturated carbocycles. The maximum atomic E-state index is 12.9. The Hall–Kier alpha value is -2.67. The highest BCUT2D eigenvalue weighted by molar-refractivity contribution is 5.76. The lowest BCUT2D eigenvalue weighted by molar-refractivity contribution is -0.132. The van der Waals surface area contributed by atoms with Gasteiger partial charge in [-0.05, 0) is 43.1 Å². The Morgan fingerprint density at radius 1 is 1.00 bits per heavy atom. The molecule has 1 unspecified atom stereocenters. The van der Waals surface area contributed by atoms with Gasteiger partial charge in [-0.3, -0.25) is 9.69 Å². The highest BCUT2D eigenvalue weighted by Crippen LogP contribution is 2.31. The van der Waals surface area contributed by atoms with Gasteiger partial charge in [-0.25, -0.2) is 9.97 Å². The average Bonchev–Trinajstić information content (AvgIpc) is 3.09. The molecule has 7 heteroatoms. The minimum Gasteiger partial charge on any atom is -0.497 e. The monoisotopic (exact) mass is 423 g/mol. The molecule has 166 valence electrons. The number of hydrogen-bond acceptors (Lipinski definition) is 6. The van der Waals surface area contributed by atoms with Gasteiger partial charge in [-0.2, -0.15) is 0 Å².